The van der Waals surface area contributed by atoms with Crippen LogP contribution in [-0.4, -0.2) is 42.5 Å². The highest BCUT2D eigenvalue weighted by Crippen LogP contribution is 2.15. The van der Waals surface area contributed by atoms with Gasteiger partial charge in [0, 0.05) is 19.1 Å². The standard InChI is InChI=1S/C23H28N2O3/c1-2-28-21-10-8-19(9-11-21)16-22(26)24-20-12-14-25(15-13-20)23(27)17-18-6-4-3-5-7-18/h3-11,20H,2,12-17H2,1H3,(H,24,26). The largest absolute Gasteiger partial charge is 0.494 e. The molecule has 148 valence electrons. The van der Waals surface area contributed by atoms with Crippen LogP contribution in [0.25, 0.3) is 0 Å². The first-order chi connectivity index (χ1) is 13.6. The van der Waals surface area contributed by atoms with Crippen LogP contribution in [-0.2, 0) is 22.4 Å². The summed E-state index contributed by atoms with van der Waals surface area (Å²) in [6.07, 6.45) is 2.40. The van der Waals surface area contributed by atoms with Gasteiger partial charge < -0.3 is 15.0 Å². The Hall–Kier alpha value is -2.82. The lowest BCUT2D eigenvalue weighted by Crippen LogP contribution is -2.47. The molecule has 2 aromatic carbocycles. The Morgan fingerprint density at radius 3 is 2.25 bits per heavy atom. The molecule has 0 atom stereocenters. The summed E-state index contributed by atoms with van der Waals surface area (Å²) in [5, 5.41) is 3.11. The Labute approximate surface area is 166 Å². The van der Waals surface area contributed by atoms with E-state index in [0.717, 1.165) is 29.7 Å². The quantitative estimate of drug-likeness (QED) is 0.803. The topological polar surface area (TPSA) is 58.6 Å². The molecule has 0 aliphatic carbocycles. The molecule has 28 heavy (non-hydrogen) atoms. The van der Waals surface area contributed by atoms with Gasteiger partial charge in [0.25, 0.3) is 0 Å². The smallest absolute Gasteiger partial charge is 0.226 e. The van der Waals surface area contributed by atoms with Crippen molar-refractivity contribution in [1.82, 2.24) is 10.2 Å². The van der Waals surface area contributed by atoms with Crippen molar-refractivity contribution in [2.45, 2.75) is 38.6 Å². The van der Waals surface area contributed by atoms with Gasteiger partial charge in [0.2, 0.25) is 11.8 Å². The zero-order valence-electron chi connectivity index (χ0n) is 16.4. The van der Waals surface area contributed by atoms with Crippen LogP contribution in [0.5, 0.6) is 5.75 Å². The van der Waals surface area contributed by atoms with E-state index in [-0.39, 0.29) is 17.9 Å². The van der Waals surface area contributed by atoms with Gasteiger partial charge in [0.15, 0.2) is 0 Å². The van der Waals surface area contributed by atoms with Crippen LogP contribution in [0.15, 0.2) is 54.6 Å². The summed E-state index contributed by atoms with van der Waals surface area (Å²) < 4.78 is 5.42. The SMILES string of the molecule is CCOc1ccc(CC(=O)NC2CCN(C(=O)Cc3ccccc3)CC2)cc1. The first kappa shape index (κ1) is 19.9. The number of nitrogens with zero attached hydrogens (tertiary/aromatic N) is 1. The maximum absolute atomic E-state index is 12.4. The fourth-order valence-corrected chi connectivity index (χ4v) is 3.49. The number of amides is 2. The number of hydrogen-bond donors (Lipinski definition) is 1. The van der Waals surface area contributed by atoms with Crippen LogP contribution in [0.2, 0.25) is 0 Å². The van der Waals surface area contributed by atoms with Crippen LogP contribution < -0.4 is 10.1 Å². The number of carbonyl (C=O) groups is 2. The van der Waals surface area contributed by atoms with E-state index >= 15 is 0 Å². The minimum atomic E-state index is 0.0261. The van der Waals surface area contributed by atoms with Gasteiger partial charge >= 0.3 is 0 Å². The molecule has 0 unspecified atom stereocenters. The van der Waals surface area contributed by atoms with E-state index in [1.54, 1.807) is 0 Å². The molecular weight excluding hydrogens is 352 g/mol. The van der Waals surface area contributed by atoms with Gasteiger partial charge in [0.05, 0.1) is 19.4 Å². The second-order valence-corrected chi connectivity index (χ2v) is 7.14. The predicted octanol–water partition coefficient (Wildman–Crippen LogP) is 2.98. The number of nitrogens with one attached hydrogen (secondary N) is 1. The number of benzene rings is 2. The highest BCUT2D eigenvalue weighted by Gasteiger charge is 2.23. The molecule has 0 aromatic heterocycles. The number of likely N-dealkylation sites (tertiary alicyclic amines) is 1. The van der Waals surface area contributed by atoms with E-state index in [2.05, 4.69) is 5.32 Å². The van der Waals surface area contributed by atoms with E-state index in [9.17, 15) is 9.59 Å². The Bertz CT molecular complexity index is 766. The third-order valence-corrected chi connectivity index (χ3v) is 5.01. The Morgan fingerprint density at radius 2 is 1.61 bits per heavy atom. The fraction of sp³-hybridized carbons (Fsp3) is 0.391. The molecule has 1 saturated heterocycles. The van der Waals surface area contributed by atoms with E-state index in [1.807, 2.05) is 66.4 Å². The lowest BCUT2D eigenvalue weighted by atomic mass is 10.0. The molecule has 0 bridgehead atoms. The molecule has 2 amide bonds. The third kappa shape index (κ3) is 5.84. The molecule has 1 heterocycles. The first-order valence-corrected chi connectivity index (χ1v) is 9.97. The average Bonchev–Trinajstić information content (AvgIpc) is 2.71. The zero-order valence-corrected chi connectivity index (χ0v) is 16.4. The fourth-order valence-electron chi connectivity index (χ4n) is 3.49. The Morgan fingerprint density at radius 1 is 0.964 bits per heavy atom. The second-order valence-electron chi connectivity index (χ2n) is 7.14. The van der Waals surface area contributed by atoms with Crippen molar-refractivity contribution in [3.8, 4) is 5.75 Å². The highest BCUT2D eigenvalue weighted by molar-refractivity contribution is 5.80. The lowest BCUT2D eigenvalue weighted by molar-refractivity contribution is -0.131. The minimum absolute atomic E-state index is 0.0261. The summed E-state index contributed by atoms with van der Waals surface area (Å²) in [6, 6.07) is 17.6. The van der Waals surface area contributed by atoms with Crippen LogP contribution in [0, 0.1) is 0 Å². The first-order valence-electron chi connectivity index (χ1n) is 9.97. The van der Waals surface area contributed by atoms with Crippen LogP contribution in [0.3, 0.4) is 0 Å². The van der Waals surface area contributed by atoms with E-state index in [1.165, 1.54) is 0 Å². The van der Waals surface area contributed by atoms with Crippen molar-refractivity contribution in [2.24, 2.45) is 0 Å². The molecule has 0 spiro atoms. The lowest BCUT2D eigenvalue weighted by Gasteiger charge is -2.32. The molecule has 3 rings (SSSR count). The molecule has 5 nitrogen and oxygen atoms in total. The third-order valence-electron chi connectivity index (χ3n) is 5.01. The molecule has 5 heteroatoms. The second kappa shape index (κ2) is 9.93. The number of carbonyl (C=O) groups excluding carboxylic acids is 2. The molecule has 1 aliphatic heterocycles. The van der Waals surface area contributed by atoms with Crippen molar-refractivity contribution in [3.05, 3.63) is 65.7 Å². The number of rotatable bonds is 7. The highest BCUT2D eigenvalue weighted by atomic mass is 16.5. The maximum atomic E-state index is 12.4. The number of ether oxygens (including phenoxy) is 1. The Kier molecular flexibility index (Phi) is 7.06. The van der Waals surface area contributed by atoms with Gasteiger partial charge in [-0.3, -0.25) is 9.59 Å². The van der Waals surface area contributed by atoms with Crippen molar-refractivity contribution in [2.75, 3.05) is 19.7 Å². The van der Waals surface area contributed by atoms with Gasteiger partial charge in [-0.25, -0.2) is 0 Å². The molecule has 0 saturated carbocycles. The number of piperidine rings is 1. The van der Waals surface area contributed by atoms with Crippen molar-refractivity contribution in [1.29, 1.82) is 0 Å². The van der Waals surface area contributed by atoms with Crippen LogP contribution in [0.1, 0.15) is 30.9 Å². The summed E-state index contributed by atoms with van der Waals surface area (Å²) in [5.41, 5.74) is 2.01. The van der Waals surface area contributed by atoms with E-state index < -0.39 is 0 Å². The van der Waals surface area contributed by atoms with Crippen LogP contribution in [0.4, 0.5) is 0 Å². The minimum Gasteiger partial charge on any atom is -0.494 e. The monoisotopic (exact) mass is 380 g/mol. The molecular formula is C23H28N2O3. The molecule has 2 aromatic rings. The Balaban J connectivity index is 1.41. The summed E-state index contributed by atoms with van der Waals surface area (Å²) in [7, 11) is 0. The number of hydrogen-bond acceptors (Lipinski definition) is 3. The molecule has 1 fully saturated rings. The van der Waals surface area contributed by atoms with Gasteiger partial charge in [-0.1, -0.05) is 42.5 Å². The van der Waals surface area contributed by atoms with E-state index in [0.29, 0.717) is 32.5 Å². The summed E-state index contributed by atoms with van der Waals surface area (Å²) in [4.78, 5) is 26.7. The van der Waals surface area contributed by atoms with Crippen LogP contribution >= 0.6 is 0 Å². The summed E-state index contributed by atoms with van der Waals surface area (Å²) in [6.45, 7) is 3.97. The van der Waals surface area contributed by atoms with E-state index in [4.69, 9.17) is 4.74 Å². The van der Waals surface area contributed by atoms with Crippen molar-refractivity contribution in [3.63, 3.8) is 0 Å². The van der Waals surface area contributed by atoms with Gasteiger partial charge in [-0.2, -0.15) is 0 Å². The zero-order chi connectivity index (χ0) is 19.8. The molecule has 0 radical (unpaired) electrons. The van der Waals surface area contributed by atoms with Gasteiger partial charge in [0.1, 0.15) is 5.75 Å². The summed E-state index contributed by atoms with van der Waals surface area (Å²) >= 11 is 0. The maximum Gasteiger partial charge on any atom is 0.226 e. The van der Waals surface area contributed by atoms with Gasteiger partial charge in [-0.05, 0) is 43.0 Å². The van der Waals surface area contributed by atoms with Crippen molar-refractivity contribution >= 4 is 11.8 Å². The normalized spacial score (nSPS) is 14.5. The predicted molar refractivity (Wildman–Crippen MR) is 109 cm³/mol. The average molecular weight is 380 g/mol. The summed E-state index contributed by atoms with van der Waals surface area (Å²) in [5.74, 6) is 1.00. The van der Waals surface area contributed by atoms with Crippen molar-refractivity contribution < 1.29 is 14.3 Å². The van der Waals surface area contributed by atoms with Gasteiger partial charge in [-0.15, -0.1) is 0 Å². The molecule has 1 aliphatic rings. The molecule has 1 N–H and O–H groups in total.